The van der Waals surface area contributed by atoms with E-state index in [1.54, 1.807) is 12.1 Å². The van der Waals surface area contributed by atoms with Crippen LogP contribution in [0.1, 0.15) is 28.4 Å². The first-order valence-corrected chi connectivity index (χ1v) is 8.18. The lowest BCUT2D eigenvalue weighted by atomic mass is 10.1. The summed E-state index contributed by atoms with van der Waals surface area (Å²) < 4.78 is 17.0. The summed E-state index contributed by atoms with van der Waals surface area (Å²) in [6.07, 6.45) is 0.724. The fraction of sp³-hybridized carbons (Fsp3) is 0.316. The van der Waals surface area contributed by atoms with Crippen LogP contribution in [0.15, 0.2) is 30.3 Å². The number of hydrogen-bond acceptors (Lipinski definition) is 4. The molecule has 24 heavy (non-hydrogen) atoms. The van der Waals surface area contributed by atoms with Crippen molar-refractivity contribution in [3.05, 3.63) is 52.0 Å². The molecule has 0 atom stereocenters. The molecule has 0 aliphatic carbocycles. The molecule has 0 N–H and O–H groups in total. The second-order valence-corrected chi connectivity index (χ2v) is 5.71. The van der Waals surface area contributed by atoms with E-state index in [9.17, 15) is 4.79 Å². The third kappa shape index (κ3) is 4.42. The maximum atomic E-state index is 10.9. The monoisotopic (exact) mass is 348 g/mol. The molecular formula is C19H21ClO4. The van der Waals surface area contributed by atoms with Gasteiger partial charge in [-0.15, -0.1) is 0 Å². The van der Waals surface area contributed by atoms with E-state index < -0.39 is 0 Å². The molecule has 2 aromatic rings. The number of carbonyl (C=O) groups excluding carboxylic acids is 1. The van der Waals surface area contributed by atoms with Crippen LogP contribution in [0.2, 0.25) is 5.02 Å². The van der Waals surface area contributed by atoms with E-state index in [-0.39, 0.29) is 0 Å². The van der Waals surface area contributed by atoms with Crippen LogP contribution in [0.3, 0.4) is 0 Å². The summed E-state index contributed by atoms with van der Waals surface area (Å²) in [5, 5.41) is 0.343. The second-order valence-electron chi connectivity index (χ2n) is 5.30. The molecule has 0 aromatic heterocycles. The highest BCUT2D eigenvalue weighted by molar-refractivity contribution is 6.32. The lowest BCUT2D eigenvalue weighted by Crippen LogP contribution is -2.11. The van der Waals surface area contributed by atoms with E-state index in [1.807, 2.05) is 39.0 Å². The normalized spacial score (nSPS) is 10.3. The summed E-state index contributed by atoms with van der Waals surface area (Å²) >= 11 is 6.19. The van der Waals surface area contributed by atoms with E-state index in [0.29, 0.717) is 41.9 Å². The number of halogens is 1. The van der Waals surface area contributed by atoms with Crippen LogP contribution < -0.4 is 14.2 Å². The quantitative estimate of drug-likeness (QED) is 0.515. The van der Waals surface area contributed by atoms with Gasteiger partial charge in [-0.05, 0) is 44.0 Å². The number of aldehydes is 1. The first-order valence-electron chi connectivity index (χ1n) is 7.80. The van der Waals surface area contributed by atoms with E-state index in [4.69, 9.17) is 25.8 Å². The number of carbonyl (C=O) groups is 1. The second kappa shape index (κ2) is 8.60. The summed E-state index contributed by atoms with van der Waals surface area (Å²) in [5.74, 6) is 1.75. The SMILES string of the molecule is CCOc1cc(C=O)cc(Cl)c1OCCOc1c(C)cccc1C. The highest BCUT2D eigenvalue weighted by atomic mass is 35.5. The minimum Gasteiger partial charge on any atom is -0.490 e. The predicted molar refractivity (Wildman–Crippen MR) is 94.9 cm³/mol. The van der Waals surface area contributed by atoms with E-state index in [2.05, 4.69) is 0 Å². The van der Waals surface area contributed by atoms with Crippen LogP contribution in [-0.2, 0) is 0 Å². The van der Waals surface area contributed by atoms with Gasteiger partial charge in [-0.3, -0.25) is 4.79 Å². The van der Waals surface area contributed by atoms with Crippen molar-refractivity contribution in [1.82, 2.24) is 0 Å². The fourth-order valence-corrected chi connectivity index (χ4v) is 2.65. The van der Waals surface area contributed by atoms with Gasteiger partial charge < -0.3 is 14.2 Å². The summed E-state index contributed by atoms with van der Waals surface area (Å²) in [5.41, 5.74) is 2.61. The number of rotatable bonds is 8. The minimum atomic E-state index is 0.313. The molecule has 0 saturated carbocycles. The minimum absolute atomic E-state index is 0.313. The Labute approximate surface area is 147 Å². The fourth-order valence-electron chi connectivity index (χ4n) is 2.37. The Balaban J connectivity index is 2.03. The summed E-state index contributed by atoms with van der Waals surface area (Å²) in [4.78, 5) is 10.9. The zero-order valence-corrected chi connectivity index (χ0v) is 14.9. The molecule has 2 rings (SSSR count). The van der Waals surface area contributed by atoms with Crippen LogP contribution in [-0.4, -0.2) is 26.1 Å². The Bertz CT molecular complexity index is 693. The van der Waals surface area contributed by atoms with Gasteiger partial charge in [-0.25, -0.2) is 0 Å². The molecule has 0 radical (unpaired) electrons. The Morgan fingerprint density at radius 3 is 2.21 bits per heavy atom. The Kier molecular flexibility index (Phi) is 6.50. The molecule has 0 heterocycles. The van der Waals surface area contributed by atoms with Gasteiger partial charge in [0, 0.05) is 5.56 Å². The molecule has 0 aliphatic heterocycles. The third-order valence-corrected chi connectivity index (χ3v) is 3.73. The maximum absolute atomic E-state index is 10.9. The average molecular weight is 349 g/mol. The lowest BCUT2D eigenvalue weighted by Gasteiger charge is -2.15. The Morgan fingerprint density at radius 2 is 1.62 bits per heavy atom. The molecule has 128 valence electrons. The van der Waals surface area contributed by atoms with Crippen molar-refractivity contribution in [2.45, 2.75) is 20.8 Å². The third-order valence-electron chi connectivity index (χ3n) is 3.45. The number of ether oxygens (including phenoxy) is 3. The molecule has 5 heteroatoms. The van der Waals surface area contributed by atoms with E-state index >= 15 is 0 Å². The zero-order chi connectivity index (χ0) is 17.5. The standard InChI is InChI=1S/C19H21ClO4/c1-4-22-17-11-15(12-21)10-16(20)19(17)24-9-8-23-18-13(2)6-5-7-14(18)3/h5-7,10-12H,4,8-9H2,1-3H3. The molecular weight excluding hydrogens is 328 g/mol. The first-order chi connectivity index (χ1) is 11.6. The maximum Gasteiger partial charge on any atom is 0.179 e. The van der Waals surface area contributed by atoms with Gasteiger partial charge in [0.2, 0.25) is 0 Å². The molecule has 0 saturated heterocycles. The highest BCUT2D eigenvalue weighted by Crippen LogP contribution is 2.36. The van der Waals surface area contributed by atoms with Gasteiger partial charge in [0.1, 0.15) is 25.2 Å². The predicted octanol–water partition coefficient (Wildman–Crippen LogP) is 4.63. The van der Waals surface area contributed by atoms with Crippen molar-refractivity contribution in [3.63, 3.8) is 0 Å². The van der Waals surface area contributed by atoms with E-state index in [0.717, 1.165) is 23.2 Å². The van der Waals surface area contributed by atoms with Crippen molar-refractivity contribution in [1.29, 1.82) is 0 Å². The van der Waals surface area contributed by atoms with Gasteiger partial charge in [0.05, 0.1) is 11.6 Å². The van der Waals surface area contributed by atoms with Gasteiger partial charge in [0.25, 0.3) is 0 Å². The van der Waals surface area contributed by atoms with Crippen molar-refractivity contribution in [3.8, 4) is 17.2 Å². The van der Waals surface area contributed by atoms with Crippen LogP contribution in [0.5, 0.6) is 17.2 Å². The van der Waals surface area contributed by atoms with Crippen molar-refractivity contribution >= 4 is 17.9 Å². The number of aryl methyl sites for hydroxylation is 2. The molecule has 0 spiro atoms. The van der Waals surface area contributed by atoms with E-state index in [1.165, 1.54) is 0 Å². The largest absolute Gasteiger partial charge is 0.490 e. The molecule has 0 amide bonds. The molecule has 0 aliphatic rings. The summed E-state index contributed by atoms with van der Waals surface area (Å²) in [6, 6.07) is 9.18. The zero-order valence-electron chi connectivity index (χ0n) is 14.1. The highest BCUT2D eigenvalue weighted by Gasteiger charge is 2.13. The number of hydrogen-bond donors (Lipinski definition) is 0. The average Bonchev–Trinajstić information content (AvgIpc) is 2.55. The lowest BCUT2D eigenvalue weighted by molar-refractivity contribution is 0.112. The molecule has 0 bridgehead atoms. The van der Waals surface area contributed by atoms with Crippen molar-refractivity contribution in [2.24, 2.45) is 0 Å². The van der Waals surface area contributed by atoms with Crippen LogP contribution in [0, 0.1) is 13.8 Å². The van der Waals surface area contributed by atoms with Gasteiger partial charge in [0.15, 0.2) is 11.5 Å². The summed E-state index contributed by atoms with van der Waals surface area (Å²) in [6.45, 7) is 7.01. The van der Waals surface area contributed by atoms with Crippen molar-refractivity contribution < 1.29 is 19.0 Å². The van der Waals surface area contributed by atoms with Gasteiger partial charge >= 0.3 is 0 Å². The number of para-hydroxylation sites is 1. The Hall–Kier alpha value is -2.20. The van der Waals surface area contributed by atoms with Gasteiger partial charge in [-0.2, -0.15) is 0 Å². The molecule has 0 fully saturated rings. The van der Waals surface area contributed by atoms with Crippen molar-refractivity contribution in [2.75, 3.05) is 19.8 Å². The van der Waals surface area contributed by atoms with Crippen LogP contribution in [0.4, 0.5) is 0 Å². The Morgan fingerprint density at radius 1 is 1.00 bits per heavy atom. The molecule has 4 nitrogen and oxygen atoms in total. The summed E-state index contributed by atoms with van der Waals surface area (Å²) in [7, 11) is 0. The topological polar surface area (TPSA) is 44.8 Å². The van der Waals surface area contributed by atoms with Gasteiger partial charge in [-0.1, -0.05) is 29.8 Å². The smallest absolute Gasteiger partial charge is 0.179 e. The molecule has 0 unspecified atom stereocenters. The first kappa shape index (κ1) is 18.1. The van der Waals surface area contributed by atoms with Crippen LogP contribution >= 0.6 is 11.6 Å². The van der Waals surface area contributed by atoms with Crippen LogP contribution in [0.25, 0.3) is 0 Å². The molecule has 2 aromatic carbocycles. The number of benzene rings is 2.